The molecular formula is C16H18N6O2. The van der Waals surface area contributed by atoms with Crippen molar-refractivity contribution in [1.29, 1.82) is 0 Å². The molecule has 124 valence electrons. The van der Waals surface area contributed by atoms with Crippen LogP contribution in [0.15, 0.2) is 24.5 Å². The third-order valence-corrected chi connectivity index (χ3v) is 4.63. The van der Waals surface area contributed by atoms with Gasteiger partial charge in [0.05, 0.1) is 6.42 Å². The lowest BCUT2D eigenvalue weighted by molar-refractivity contribution is -0.133. The maximum Gasteiger partial charge on any atom is 0.230 e. The van der Waals surface area contributed by atoms with Gasteiger partial charge in [-0.15, -0.1) is 0 Å². The van der Waals surface area contributed by atoms with Gasteiger partial charge in [-0.25, -0.2) is 4.98 Å². The average Bonchev–Trinajstić information content (AvgIpc) is 3.16. The minimum Gasteiger partial charge on any atom is -0.354 e. The fourth-order valence-electron chi connectivity index (χ4n) is 3.52. The molecule has 0 spiro atoms. The normalized spacial score (nSPS) is 23.0. The molecule has 2 atom stereocenters. The summed E-state index contributed by atoms with van der Waals surface area (Å²) in [5, 5.41) is 9.86. The molecule has 0 aromatic carbocycles. The number of nitrogens with zero attached hydrogens (tertiary/aromatic N) is 4. The van der Waals surface area contributed by atoms with E-state index in [0.29, 0.717) is 24.6 Å². The number of amides is 2. The van der Waals surface area contributed by atoms with Crippen LogP contribution in [0.4, 0.5) is 0 Å². The van der Waals surface area contributed by atoms with Crippen LogP contribution in [-0.4, -0.2) is 55.5 Å². The van der Waals surface area contributed by atoms with Crippen LogP contribution < -0.4 is 5.32 Å². The number of nitrogens with one attached hydrogen (secondary N) is 2. The highest BCUT2D eigenvalue weighted by Gasteiger charge is 2.40. The quantitative estimate of drug-likeness (QED) is 0.843. The monoisotopic (exact) mass is 326 g/mol. The van der Waals surface area contributed by atoms with Crippen molar-refractivity contribution in [2.24, 2.45) is 0 Å². The molecule has 2 fully saturated rings. The summed E-state index contributed by atoms with van der Waals surface area (Å²) in [6, 6.07) is 3.78. The Bertz CT molecular complexity index is 759. The molecular weight excluding hydrogens is 308 g/mol. The fourth-order valence-corrected chi connectivity index (χ4v) is 3.52. The van der Waals surface area contributed by atoms with E-state index in [1.807, 2.05) is 17.0 Å². The Morgan fingerprint density at radius 1 is 1.33 bits per heavy atom. The largest absolute Gasteiger partial charge is 0.354 e. The minimum absolute atomic E-state index is 0.00529. The van der Waals surface area contributed by atoms with Gasteiger partial charge in [0, 0.05) is 43.0 Å². The third-order valence-electron chi connectivity index (χ3n) is 4.63. The topological polar surface area (TPSA) is 104 Å². The molecule has 0 aliphatic carbocycles. The van der Waals surface area contributed by atoms with Crippen LogP contribution in [0.25, 0.3) is 11.4 Å². The van der Waals surface area contributed by atoms with Crippen molar-refractivity contribution in [3.05, 3.63) is 30.4 Å². The second-order valence-electron chi connectivity index (χ2n) is 6.22. The van der Waals surface area contributed by atoms with E-state index in [4.69, 9.17) is 0 Å². The lowest BCUT2D eigenvalue weighted by Gasteiger charge is -2.27. The lowest BCUT2D eigenvalue weighted by atomic mass is 10.1. The molecule has 4 heterocycles. The molecule has 2 aromatic heterocycles. The SMILES string of the molecule is O=C1C[C@H]2CC[C@@H](CN1)N2C(=O)Cc1nc(-c2cccnc2)n[nH]1. The highest BCUT2D eigenvalue weighted by Crippen LogP contribution is 2.28. The van der Waals surface area contributed by atoms with Crippen LogP contribution in [0, 0.1) is 0 Å². The van der Waals surface area contributed by atoms with Crippen molar-refractivity contribution < 1.29 is 9.59 Å². The van der Waals surface area contributed by atoms with Gasteiger partial charge in [0.25, 0.3) is 0 Å². The maximum absolute atomic E-state index is 12.7. The Morgan fingerprint density at radius 3 is 3.04 bits per heavy atom. The molecule has 2 saturated heterocycles. The van der Waals surface area contributed by atoms with Gasteiger partial charge in [-0.3, -0.25) is 19.7 Å². The van der Waals surface area contributed by atoms with Gasteiger partial charge in [-0.1, -0.05) is 0 Å². The predicted molar refractivity (Wildman–Crippen MR) is 84.6 cm³/mol. The molecule has 0 radical (unpaired) electrons. The van der Waals surface area contributed by atoms with Gasteiger partial charge in [0.2, 0.25) is 11.8 Å². The summed E-state index contributed by atoms with van der Waals surface area (Å²) in [7, 11) is 0. The van der Waals surface area contributed by atoms with E-state index in [2.05, 4.69) is 25.5 Å². The number of aromatic amines is 1. The zero-order valence-electron chi connectivity index (χ0n) is 13.1. The molecule has 2 bridgehead atoms. The second kappa shape index (κ2) is 6.03. The first-order valence-corrected chi connectivity index (χ1v) is 8.10. The van der Waals surface area contributed by atoms with Crippen molar-refractivity contribution in [3.8, 4) is 11.4 Å². The number of pyridine rings is 1. The molecule has 2 N–H and O–H groups in total. The van der Waals surface area contributed by atoms with Crippen LogP contribution in [0.2, 0.25) is 0 Å². The number of H-pyrrole nitrogens is 1. The molecule has 2 aliphatic rings. The highest BCUT2D eigenvalue weighted by molar-refractivity contribution is 5.82. The number of carbonyl (C=O) groups excluding carboxylic acids is 2. The Morgan fingerprint density at radius 2 is 2.21 bits per heavy atom. The number of aromatic nitrogens is 4. The fraction of sp³-hybridized carbons (Fsp3) is 0.438. The minimum atomic E-state index is -0.00659. The molecule has 0 saturated carbocycles. The zero-order valence-corrected chi connectivity index (χ0v) is 13.1. The van der Waals surface area contributed by atoms with Gasteiger partial charge in [0.1, 0.15) is 5.82 Å². The van der Waals surface area contributed by atoms with Gasteiger partial charge in [0.15, 0.2) is 5.82 Å². The van der Waals surface area contributed by atoms with Crippen LogP contribution in [0.1, 0.15) is 25.1 Å². The standard InChI is InChI=1S/C16H18N6O2/c23-14-6-11-3-4-12(9-18-14)22(11)15(24)7-13-19-16(21-20-13)10-2-1-5-17-8-10/h1-2,5,8,11-12H,3-4,6-7,9H2,(H,18,23)(H,19,20,21)/t11-,12+/m1/s1. The summed E-state index contributed by atoms with van der Waals surface area (Å²) < 4.78 is 0. The average molecular weight is 326 g/mol. The second-order valence-corrected chi connectivity index (χ2v) is 6.22. The number of hydrogen-bond acceptors (Lipinski definition) is 5. The number of carbonyl (C=O) groups is 2. The van der Waals surface area contributed by atoms with Crippen LogP contribution in [0.3, 0.4) is 0 Å². The van der Waals surface area contributed by atoms with Crippen LogP contribution >= 0.6 is 0 Å². The molecule has 0 unspecified atom stereocenters. The first kappa shape index (κ1) is 14.8. The van der Waals surface area contributed by atoms with Crippen molar-refractivity contribution in [3.63, 3.8) is 0 Å². The molecule has 8 heteroatoms. The molecule has 8 nitrogen and oxygen atoms in total. The molecule has 24 heavy (non-hydrogen) atoms. The van der Waals surface area contributed by atoms with Crippen LogP contribution in [0.5, 0.6) is 0 Å². The maximum atomic E-state index is 12.7. The van der Waals surface area contributed by atoms with Crippen LogP contribution in [-0.2, 0) is 16.0 Å². The van der Waals surface area contributed by atoms with Gasteiger partial charge < -0.3 is 10.2 Å². The van der Waals surface area contributed by atoms with E-state index in [-0.39, 0.29) is 30.3 Å². The van der Waals surface area contributed by atoms with E-state index < -0.39 is 0 Å². The van der Waals surface area contributed by atoms with Crippen molar-refractivity contribution >= 4 is 11.8 Å². The van der Waals surface area contributed by atoms with E-state index in [9.17, 15) is 9.59 Å². The summed E-state index contributed by atoms with van der Waals surface area (Å²) in [5.74, 6) is 1.08. The summed E-state index contributed by atoms with van der Waals surface area (Å²) in [5.41, 5.74) is 0.803. The van der Waals surface area contributed by atoms with Gasteiger partial charge in [-0.2, -0.15) is 5.10 Å². The van der Waals surface area contributed by atoms with Crippen molar-refractivity contribution in [1.82, 2.24) is 30.4 Å². The zero-order chi connectivity index (χ0) is 16.5. The Hall–Kier alpha value is -2.77. The predicted octanol–water partition coefficient (Wildman–Crippen LogP) is 0.289. The Kier molecular flexibility index (Phi) is 3.72. The Balaban J connectivity index is 1.49. The number of fused-ring (bicyclic) bond motifs is 2. The summed E-state index contributed by atoms with van der Waals surface area (Å²) in [6.45, 7) is 0.540. The van der Waals surface area contributed by atoms with E-state index in [0.717, 1.165) is 18.4 Å². The van der Waals surface area contributed by atoms with E-state index in [1.165, 1.54) is 0 Å². The summed E-state index contributed by atoms with van der Waals surface area (Å²) in [4.78, 5) is 34.7. The first-order valence-electron chi connectivity index (χ1n) is 8.10. The van der Waals surface area contributed by atoms with E-state index >= 15 is 0 Å². The van der Waals surface area contributed by atoms with Crippen molar-refractivity contribution in [2.75, 3.05) is 6.54 Å². The van der Waals surface area contributed by atoms with E-state index in [1.54, 1.807) is 12.4 Å². The molecule has 2 aliphatic heterocycles. The van der Waals surface area contributed by atoms with Gasteiger partial charge in [-0.05, 0) is 25.0 Å². The van der Waals surface area contributed by atoms with Gasteiger partial charge >= 0.3 is 0 Å². The highest BCUT2D eigenvalue weighted by atomic mass is 16.2. The third kappa shape index (κ3) is 2.75. The number of hydrogen-bond donors (Lipinski definition) is 2. The molecule has 2 aromatic rings. The summed E-state index contributed by atoms with van der Waals surface area (Å²) in [6.07, 6.45) is 5.75. The first-order chi connectivity index (χ1) is 11.7. The Labute approximate surface area is 138 Å². The lowest BCUT2D eigenvalue weighted by Crippen LogP contribution is -2.43. The molecule has 2 amide bonds. The van der Waals surface area contributed by atoms with Crippen molar-refractivity contribution in [2.45, 2.75) is 37.8 Å². The smallest absolute Gasteiger partial charge is 0.230 e. The number of rotatable bonds is 3. The summed E-state index contributed by atoms with van der Waals surface area (Å²) >= 11 is 0. The molecule has 4 rings (SSSR count).